The zero-order valence-electron chi connectivity index (χ0n) is 26.8. The Kier molecular flexibility index (Phi) is 15.1. The van der Waals surface area contributed by atoms with Crippen LogP contribution in [0.1, 0.15) is 84.7 Å². The van der Waals surface area contributed by atoms with E-state index < -0.39 is 11.9 Å². The highest BCUT2D eigenvalue weighted by molar-refractivity contribution is 7.99. The number of Topliss-reactive ketones (excluding diaryl/α,β-unsaturated/α-hetero) is 1. The summed E-state index contributed by atoms with van der Waals surface area (Å²) in [6.07, 6.45) is 4.49. The lowest BCUT2D eigenvalue weighted by molar-refractivity contribution is -0.140. The zero-order chi connectivity index (χ0) is 33.1. The van der Waals surface area contributed by atoms with Crippen LogP contribution in [0.25, 0.3) is 0 Å². The van der Waals surface area contributed by atoms with E-state index in [0.717, 1.165) is 41.0 Å². The lowest BCUT2D eigenvalue weighted by Gasteiger charge is -2.07. The first-order chi connectivity index (χ1) is 22.3. The molecule has 0 aromatic heterocycles. The molecule has 46 heavy (non-hydrogen) atoms. The molecule has 8 heteroatoms. The minimum Gasteiger partial charge on any atom is -0.318 e. The van der Waals surface area contributed by atoms with Crippen LogP contribution in [-0.2, 0) is 14.5 Å². The summed E-state index contributed by atoms with van der Waals surface area (Å²) in [5.74, 6) is -1.19. The molecule has 4 rings (SSSR count). The summed E-state index contributed by atoms with van der Waals surface area (Å²) in [6, 6.07) is 34.0. The Morgan fingerprint density at radius 3 is 1.83 bits per heavy atom. The van der Waals surface area contributed by atoms with Crippen molar-refractivity contribution in [3.8, 4) is 0 Å². The number of rotatable bonds is 13. The van der Waals surface area contributed by atoms with Gasteiger partial charge in [-0.15, -0.1) is 0 Å². The minimum absolute atomic E-state index is 0.210. The number of oxime groups is 2. The van der Waals surface area contributed by atoms with Gasteiger partial charge in [-0.3, -0.25) is 4.79 Å². The summed E-state index contributed by atoms with van der Waals surface area (Å²) in [7, 11) is 0. The molecule has 0 amide bonds. The second-order valence-corrected chi connectivity index (χ2v) is 11.6. The number of ketones is 1. The van der Waals surface area contributed by atoms with Crippen molar-refractivity contribution in [3.63, 3.8) is 0 Å². The molecule has 0 fully saturated rings. The van der Waals surface area contributed by atoms with Gasteiger partial charge in [-0.1, -0.05) is 114 Å². The zero-order valence-corrected chi connectivity index (χ0v) is 27.6. The van der Waals surface area contributed by atoms with Gasteiger partial charge in [-0.25, -0.2) is 9.59 Å². The molecule has 0 saturated carbocycles. The third-order valence-electron chi connectivity index (χ3n) is 6.65. The smallest absolute Gasteiger partial charge is 0.318 e. The van der Waals surface area contributed by atoms with Crippen molar-refractivity contribution < 1.29 is 24.1 Å². The molecule has 0 saturated heterocycles. The van der Waals surface area contributed by atoms with E-state index in [1.54, 1.807) is 55.1 Å². The molecule has 0 atom stereocenters. The summed E-state index contributed by atoms with van der Waals surface area (Å²) < 4.78 is 0. The van der Waals surface area contributed by atoms with E-state index in [4.69, 9.17) is 4.84 Å². The first-order valence-electron chi connectivity index (χ1n) is 15.3. The standard InChI is InChI=1S/C27H27NO3S.C11H13NO2/c1-2-3-4-11-16-25(28-31-27(30)22-12-7-5-8-13-22)26(29)21-17-19-24(20-18-21)32-23-14-9-6-10-15-23;1-8-4-6-11(7-5-8)9(2)12-14-10(3)13/h5-10,12-15,17-20H,2-4,11,16H2,1H3;4-7H,1-3H3/b28-25-;12-9-. The third kappa shape index (κ3) is 12.7. The average molecular weight is 637 g/mol. The number of hydrogen-bond acceptors (Lipinski definition) is 8. The van der Waals surface area contributed by atoms with Crippen molar-refractivity contribution in [1.82, 2.24) is 0 Å². The lowest BCUT2D eigenvalue weighted by atomic mass is 10.0. The highest BCUT2D eigenvalue weighted by atomic mass is 32.2. The van der Waals surface area contributed by atoms with Gasteiger partial charge in [0.05, 0.1) is 11.3 Å². The number of unbranched alkanes of at least 4 members (excludes halogenated alkanes) is 3. The summed E-state index contributed by atoms with van der Waals surface area (Å²) in [4.78, 5) is 47.7. The van der Waals surface area contributed by atoms with Crippen LogP contribution >= 0.6 is 11.8 Å². The van der Waals surface area contributed by atoms with Crippen LogP contribution in [0.2, 0.25) is 0 Å². The SMILES string of the molecule is CC(=O)O/N=C(/C)c1ccc(C)cc1.CCCCCC/C(=N/OC(=O)c1ccccc1)C(=O)c1ccc(Sc2ccccc2)cc1. The van der Waals surface area contributed by atoms with Gasteiger partial charge in [0.1, 0.15) is 5.71 Å². The van der Waals surface area contributed by atoms with Gasteiger partial charge in [0, 0.05) is 22.3 Å². The predicted molar refractivity (Wildman–Crippen MR) is 185 cm³/mol. The number of nitrogens with zero attached hydrogens (tertiary/aromatic N) is 2. The number of carbonyl (C=O) groups is 3. The maximum atomic E-state index is 13.1. The number of carbonyl (C=O) groups excluding carboxylic acids is 3. The molecule has 0 spiro atoms. The topological polar surface area (TPSA) is 94.4 Å². The van der Waals surface area contributed by atoms with E-state index in [9.17, 15) is 14.4 Å². The van der Waals surface area contributed by atoms with E-state index in [1.807, 2.05) is 79.7 Å². The Morgan fingerprint density at radius 2 is 1.22 bits per heavy atom. The van der Waals surface area contributed by atoms with Crippen LogP contribution in [0.3, 0.4) is 0 Å². The lowest BCUT2D eigenvalue weighted by Crippen LogP contribution is -2.16. The van der Waals surface area contributed by atoms with Crippen LogP contribution in [0.5, 0.6) is 0 Å². The number of benzene rings is 4. The van der Waals surface area contributed by atoms with E-state index in [1.165, 1.54) is 12.5 Å². The van der Waals surface area contributed by atoms with Gasteiger partial charge in [-0.05, 0) is 80.8 Å². The van der Waals surface area contributed by atoms with Gasteiger partial charge in [0.25, 0.3) is 0 Å². The monoisotopic (exact) mass is 636 g/mol. The first kappa shape index (κ1) is 35.7. The van der Waals surface area contributed by atoms with Gasteiger partial charge in [0.15, 0.2) is 0 Å². The van der Waals surface area contributed by atoms with Crippen LogP contribution in [-0.4, -0.2) is 29.1 Å². The van der Waals surface area contributed by atoms with Gasteiger partial charge < -0.3 is 9.68 Å². The van der Waals surface area contributed by atoms with Crippen molar-refractivity contribution >= 4 is 40.9 Å². The molecule has 0 radical (unpaired) electrons. The maximum Gasteiger partial charge on any atom is 0.365 e. The molecule has 4 aromatic rings. The van der Waals surface area contributed by atoms with Crippen molar-refractivity contribution in [3.05, 3.63) is 131 Å². The molecular formula is C38H40N2O5S. The summed E-state index contributed by atoms with van der Waals surface area (Å²) in [5, 5.41) is 7.67. The Hall–Kier alpha value is -4.82. The maximum absolute atomic E-state index is 13.1. The van der Waals surface area contributed by atoms with E-state index in [2.05, 4.69) is 22.1 Å². The fraction of sp³-hybridized carbons (Fsp3) is 0.237. The van der Waals surface area contributed by atoms with Crippen molar-refractivity contribution in [2.45, 2.75) is 69.6 Å². The molecule has 0 bridgehead atoms. The molecule has 0 heterocycles. The van der Waals surface area contributed by atoms with Crippen LogP contribution in [0.15, 0.2) is 129 Å². The highest BCUT2D eigenvalue weighted by Crippen LogP contribution is 2.27. The van der Waals surface area contributed by atoms with E-state index >= 15 is 0 Å². The number of aryl methyl sites for hydroxylation is 1. The molecule has 0 aliphatic heterocycles. The van der Waals surface area contributed by atoms with Crippen molar-refractivity contribution in [2.75, 3.05) is 0 Å². The predicted octanol–water partition coefficient (Wildman–Crippen LogP) is 9.49. The average Bonchev–Trinajstić information content (AvgIpc) is 3.08. The van der Waals surface area contributed by atoms with Gasteiger partial charge >= 0.3 is 11.9 Å². The van der Waals surface area contributed by atoms with E-state index in [-0.39, 0.29) is 11.5 Å². The third-order valence-corrected chi connectivity index (χ3v) is 7.67. The quantitative estimate of drug-likeness (QED) is 0.0477. The Balaban J connectivity index is 0.000000344. The Morgan fingerprint density at radius 1 is 0.630 bits per heavy atom. The molecule has 0 N–H and O–H groups in total. The highest BCUT2D eigenvalue weighted by Gasteiger charge is 2.17. The second kappa shape index (κ2) is 19.5. The number of hydrogen-bond donors (Lipinski definition) is 0. The fourth-order valence-electron chi connectivity index (χ4n) is 4.09. The van der Waals surface area contributed by atoms with Crippen molar-refractivity contribution in [2.24, 2.45) is 10.3 Å². The fourth-order valence-corrected chi connectivity index (χ4v) is 4.93. The second-order valence-electron chi connectivity index (χ2n) is 10.5. The molecule has 238 valence electrons. The molecule has 0 unspecified atom stereocenters. The molecule has 7 nitrogen and oxygen atoms in total. The normalized spacial score (nSPS) is 11.2. The van der Waals surface area contributed by atoms with Crippen LogP contribution in [0.4, 0.5) is 0 Å². The summed E-state index contributed by atoms with van der Waals surface area (Å²) in [5.41, 5.74) is 4.05. The van der Waals surface area contributed by atoms with Gasteiger partial charge in [-0.2, -0.15) is 0 Å². The molecular weight excluding hydrogens is 596 g/mol. The Labute approximate surface area is 275 Å². The minimum atomic E-state index is -0.570. The van der Waals surface area contributed by atoms with Crippen LogP contribution in [0, 0.1) is 6.92 Å². The molecule has 0 aliphatic carbocycles. The van der Waals surface area contributed by atoms with Crippen LogP contribution < -0.4 is 0 Å². The molecule has 0 aliphatic rings. The van der Waals surface area contributed by atoms with Crippen molar-refractivity contribution in [1.29, 1.82) is 0 Å². The first-order valence-corrected chi connectivity index (χ1v) is 16.1. The molecule has 4 aromatic carbocycles. The largest absolute Gasteiger partial charge is 0.365 e. The van der Waals surface area contributed by atoms with E-state index in [0.29, 0.717) is 23.3 Å². The van der Waals surface area contributed by atoms with Gasteiger partial charge in [0.2, 0.25) is 5.78 Å². The Bertz CT molecular complexity index is 1600. The summed E-state index contributed by atoms with van der Waals surface area (Å²) in [6.45, 7) is 7.28. The summed E-state index contributed by atoms with van der Waals surface area (Å²) >= 11 is 1.64.